The molecule has 0 spiro atoms. The molecule has 1 heterocycles. The number of likely N-dealkylation sites (tertiary alicyclic amines) is 1. The molecule has 2 unspecified atom stereocenters. The summed E-state index contributed by atoms with van der Waals surface area (Å²) < 4.78 is 0. The highest BCUT2D eigenvalue weighted by atomic mass is 16.2. The predicted molar refractivity (Wildman–Crippen MR) is 60.5 cm³/mol. The summed E-state index contributed by atoms with van der Waals surface area (Å²) in [5.74, 6) is 1.43. The second-order valence-electron chi connectivity index (χ2n) is 5.06. The summed E-state index contributed by atoms with van der Waals surface area (Å²) in [5.41, 5.74) is 0. The molecule has 2 aliphatic rings. The molecular formula is C12H22N2O. The first-order valence-corrected chi connectivity index (χ1v) is 6.18. The number of piperidine rings is 1. The van der Waals surface area contributed by atoms with Crippen LogP contribution in [0.15, 0.2) is 0 Å². The van der Waals surface area contributed by atoms with E-state index in [1.165, 1.54) is 19.3 Å². The molecule has 1 aliphatic heterocycles. The quantitative estimate of drug-likeness (QED) is 0.757. The molecule has 1 saturated heterocycles. The van der Waals surface area contributed by atoms with Gasteiger partial charge < -0.3 is 10.2 Å². The Kier molecular flexibility index (Phi) is 3.29. The van der Waals surface area contributed by atoms with Crippen molar-refractivity contribution < 1.29 is 4.79 Å². The van der Waals surface area contributed by atoms with Crippen LogP contribution in [-0.4, -0.2) is 37.0 Å². The minimum Gasteiger partial charge on any atom is -0.341 e. The van der Waals surface area contributed by atoms with Crippen LogP contribution in [0.3, 0.4) is 0 Å². The highest BCUT2D eigenvalue weighted by Gasteiger charge is 2.34. The lowest BCUT2D eigenvalue weighted by atomic mass is 9.98. The molecule has 0 radical (unpaired) electrons. The largest absolute Gasteiger partial charge is 0.341 e. The fourth-order valence-corrected chi connectivity index (χ4v) is 2.53. The van der Waals surface area contributed by atoms with Crippen LogP contribution < -0.4 is 5.32 Å². The van der Waals surface area contributed by atoms with Crippen LogP contribution in [0.2, 0.25) is 0 Å². The van der Waals surface area contributed by atoms with E-state index in [4.69, 9.17) is 0 Å². The first kappa shape index (κ1) is 10.9. The average molecular weight is 210 g/mol. The Morgan fingerprint density at radius 2 is 2.20 bits per heavy atom. The number of carbonyl (C=O) groups is 1. The molecule has 1 aliphatic carbocycles. The van der Waals surface area contributed by atoms with Crippen molar-refractivity contribution in [1.29, 1.82) is 0 Å². The highest BCUT2D eigenvalue weighted by Crippen LogP contribution is 2.33. The van der Waals surface area contributed by atoms with E-state index >= 15 is 0 Å². The molecule has 2 rings (SSSR count). The topological polar surface area (TPSA) is 32.3 Å². The van der Waals surface area contributed by atoms with Crippen LogP contribution >= 0.6 is 0 Å². The van der Waals surface area contributed by atoms with Crippen LogP contribution in [0, 0.1) is 11.8 Å². The van der Waals surface area contributed by atoms with Gasteiger partial charge in [-0.15, -0.1) is 0 Å². The molecule has 86 valence electrons. The van der Waals surface area contributed by atoms with Crippen molar-refractivity contribution in [3.05, 3.63) is 0 Å². The Morgan fingerprint density at radius 1 is 1.47 bits per heavy atom. The lowest BCUT2D eigenvalue weighted by Crippen LogP contribution is -2.47. The number of nitrogens with one attached hydrogen (secondary N) is 1. The SMILES string of the molecule is CNC(CN1CCCC(C)C1=O)C1CC1. The average Bonchev–Trinajstić information content (AvgIpc) is 3.04. The van der Waals surface area contributed by atoms with Gasteiger partial charge in [0, 0.05) is 25.0 Å². The molecule has 1 N–H and O–H groups in total. The summed E-state index contributed by atoms with van der Waals surface area (Å²) in [7, 11) is 2.01. The van der Waals surface area contributed by atoms with Gasteiger partial charge in [0.2, 0.25) is 5.91 Å². The maximum atomic E-state index is 11.9. The monoisotopic (exact) mass is 210 g/mol. The third-order valence-corrected chi connectivity index (χ3v) is 3.78. The van der Waals surface area contributed by atoms with Crippen molar-refractivity contribution in [3.63, 3.8) is 0 Å². The lowest BCUT2D eigenvalue weighted by Gasteiger charge is -2.33. The molecule has 2 atom stereocenters. The molecule has 0 aromatic carbocycles. The van der Waals surface area contributed by atoms with Crippen molar-refractivity contribution in [2.24, 2.45) is 11.8 Å². The molecular weight excluding hydrogens is 188 g/mol. The Balaban J connectivity index is 1.88. The van der Waals surface area contributed by atoms with Crippen molar-refractivity contribution in [3.8, 4) is 0 Å². The first-order valence-electron chi connectivity index (χ1n) is 6.18. The van der Waals surface area contributed by atoms with Crippen LogP contribution in [0.5, 0.6) is 0 Å². The van der Waals surface area contributed by atoms with E-state index < -0.39 is 0 Å². The Labute approximate surface area is 92.2 Å². The molecule has 1 amide bonds. The zero-order chi connectivity index (χ0) is 10.8. The molecule has 3 heteroatoms. The molecule has 0 aromatic heterocycles. The van der Waals surface area contributed by atoms with E-state index in [1.807, 2.05) is 7.05 Å². The maximum absolute atomic E-state index is 11.9. The molecule has 2 fully saturated rings. The van der Waals surface area contributed by atoms with Gasteiger partial charge in [-0.25, -0.2) is 0 Å². The van der Waals surface area contributed by atoms with Crippen molar-refractivity contribution in [2.75, 3.05) is 20.1 Å². The molecule has 15 heavy (non-hydrogen) atoms. The number of amides is 1. The number of hydrogen-bond donors (Lipinski definition) is 1. The van der Waals surface area contributed by atoms with Gasteiger partial charge in [0.25, 0.3) is 0 Å². The Morgan fingerprint density at radius 3 is 2.80 bits per heavy atom. The second-order valence-corrected chi connectivity index (χ2v) is 5.06. The van der Waals surface area contributed by atoms with Gasteiger partial charge in [-0.2, -0.15) is 0 Å². The van der Waals surface area contributed by atoms with E-state index in [1.54, 1.807) is 0 Å². The summed E-state index contributed by atoms with van der Waals surface area (Å²) >= 11 is 0. The van der Waals surface area contributed by atoms with E-state index in [2.05, 4.69) is 17.1 Å². The molecule has 0 bridgehead atoms. The molecule has 0 aromatic rings. The number of rotatable bonds is 4. The standard InChI is InChI=1S/C12H22N2O/c1-9-4-3-7-14(12(9)15)8-11(13-2)10-5-6-10/h9-11,13H,3-8H2,1-2H3. The van der Waals surface area contributed by atoms with E-state index in [-0.39, 0.29) is 5.92 Å². The molecule has 1 saturated carbocycles. The van der Waals surface area contributed by atoms with Gasteiger partial charge in [-0.3, -0.25) is 4.79 Å². The van der Waals surface area contributed by atoms with Crippen LogP contribution in [0.4, 0.5) is 0 Å². The minimum atomic E-state index is 0.246. The van der Waals surface area contributed by atoms with Crippen LogP contribution in [0.25, 0.3) is 0 Å². The second kappa shape index (κ2) is 4.52. The van der Waals surface area contributed by atoms with Gasteiger partial charge in [-0.1, -0.05) is 6.92 Å². The maximum Gasteiger partial charge on any atom is 0.225 e. The number of nitrogens with zero attached hydrogens (tertiary/aromatic N) is 1. The zero-order valence-electron chi connectivity index (χ0n) is 9.83. The number of hydrogen-bond acceptors (Lipinski definition) is 2. The predicted octanol–water partition coefficient (Wildman–Crippen LogP) is 1.24. The number of carbonyl (C=O) groups excluding carboxylic acids is 1. The summed E-state index contributed by atoms with van der Waals surface area (Å²) in [6.45, 7) is 3.94. The van der Waals surface area contributed by atoms with E-state index in [0.717, 1.165) is 25.4 Å². The van der Waals surface area contributed by atoms with E-state index in [0.29, 0.717) is 11.9 Å². The molecule has 3 nitrogen and oxygen atoms in total. The normalized spacial score (nSPS) is 29.3. The van der Waals surface area contributed by atoms with Gasteiger partial charge in [0.05, 0.1) is 0 Å². The smallest absolute Gasteiger partial charge is 0.225 e. The lowest BCUT2D eigenvalue weighted by molar-refractivity contribution is -0.138. The van der Waals surface area contributed by atoms with Crippen molar-refractivity contribution in [1.82, 2.24) is 10.2 Å². The van der Waals surface area contributed by atoms with Gasteiger partial charge in [0.1, 0.15) is 0 Å². The summed E-state index contributed by atoms with van der Waals surface area (Å²) in [5, 5.41) is 3.35. The first-order chi connectivity index (χ1) is 7.22. The number of likely N-dealkylation sites (N-methyl/N-ethyl adjacent to an activating group) is 1. The third kappa shape index (κ3) is 2.51. The highest BCUT2D eigenvalue weighted by molar-refractivity contribution is 5.79. The zero-order valence-corrected chi connectivity index (χ0v) is 9.83. The summed E-state index contributed by atoms with van der Waals surface area (Å²) in [4.78, 5) is 14.0. The van der Waals surface area contributed by atoms with Crippen LogP contribution in [0.1, 0.15) is 32.6 Å². The fourth-order valence-electron chi connectivity index (χ4n) is 2.53. The summed E-state index contributed by atoms with van der Waals surface area (Å²) in [6.07, 6.45) is 4.92. The van der Waals surface area contributed by atoms with Crippen molar-refractivity contribution in [2.45, 2.75) is 38.6 Å². The van der Waals surface area contributed by atoms with Crippen LogP contribution in [-0.2, 0) is 4.79 Å². The van der Waals surface area contributed by atoms with Gasteiger partial charge in [-0.05, 0) is 38.6 Å². The van der Waals surface area contributed by atoms with E-state index in [9.17, 15) is 4.79 Å². The minimum absolute atomic E-state index is 0.246. The Bertz CT molecular complexity index is 238. The van der Waals surface area contributed by atoms with Crippen molar-refractivity contribution >= 4 is 5.91 Å². The third-order valence-electron chi connectivity index (χ3n) is 3.78. The fraction of sp³-hybridized carbons (Fsp3) is 0.917. The summed E-state index contributed by atoms with van der Waals surface area (Å²) in [6, 6.07) is 0.527. The Hall–Kier alpha value is -0.570. The van der Waals surface area contributed by atoms with Gasteiger partial charge in [0.15, 0.2) is 0 Å². The van der Waals surface area contributed by atoms with Gasteiger partial charge >= 0.3 is 0 Å².